The first-order valence-corrected chi connectivity index (χ1v) is 9.26. The predicted octanol–water partition coefficient (Wildman–Crippen LogP) is 3.97. The van der Waals surface area contributed by atoms with E-state index in [1.165, 1.54) is 28.0 Å². The molecular weight excluding hydrogens is 320 g/mol. The Bertz CT molecular complexity index is 805. The fraction of sp³-hybridized carbons (Fsp3) is 0.474. The summed E-state index contributed by atoms with van der Waals surface area (Å²) < 4.78 is 0. The van der Waals surface area contributed by atoms with Crippen molar-refractivity contribution < 1.29 is 9.90 Å². The second-order valence-corrected chi connectivity index (χ2v) is 8.79. The first kappa shape index (κ1) is 15.6. The molecule has 1 aliphatic carbocycles. The molecule has 0 fully saturated rings. The van der Waals surface area contributed by atoms with Gasteiger partial charge in [0.25, 0.3) is 5.91 Å². The lowest BCUT2D eigenvalue weighted by Gasteiger charge is -2.43. The second-order valence-electron chi connectivity index (χ2n) is 7.58. The Hall–Kier alpha value is -1.88. The molecule has 1 amide bonds. The molecule has 1 aliphatic heterocycles. The largest absolute Gasteiger partial charge is 0.492 e. The quantitative estimate of drug-likeness (QED) is 0.853. The average molecular weight is 342 g/mol. The van der Waals surface area contributed by atoms with E-state index in [1.807, 2.05) is 4.90 Å². The average Bonchev–Trinajstić information content (AvgIpc) is 2.89. The Morgan fingerprint density at radius 1 is 1.42 bits per heavy atom. The first-order chi connectivity index (χ1) is 11.4. The van der Waals surface area contributed by atoms with Crippen molar-refractivity contribution in [1.29, 1.82) is 0 Å². The Morgan fingerprint density at radius 2 is 2.21 bits per heavy atom. The van der Waals surface area contributed by atoms with E-state index < -0.39 is 0 Å². The Labute approximate surface area is 146 Å². The van der Waals surface area contributed by atoms with E-state index in [4.69, 9.17) is 0 Å². The number of aryl methyl sites for hydroxylation is 1. The molecular formula is C19H22N2O2S. The zero-order valence-electron chi connectivity index (χ0n) is 14.3. The van der Waals surface area contributed by atoms with Crippen LogP contribution in [0.25, 0.3) is 0 Å². The van der Waals surface area contributed by atoms with Crippen LogP contribution in [0.3, 0.4) is 0 Å². The van der Waals surface area contributed by atoms with Gasteiger partial charge in [0.2, 0.25) is 5.88 Å². The minimum absolute atomic E-state index is 0.0255. The van der Waals surface area contributed by atoms with Gasteiger partial charge in [0.15, 0.2) is 5.01 Å². The van der Waals surface area contributed by atoms with Crippen LogP contribution in [-0.4, -0.2) is 27.4 Å². The van der Waals surface area contributed by atoms with E-state index in [2.05, 4.69) is 37.0 Å². The van der Waals surface area contributed by atoms with Crippen LogP contribution in [0.4, 0.5) is 0 Å². The van der Waals surface area contributed by atoms with Crippen molar-refractivity contribution >= 4 is 17.2 Å². The molecule has 0 saturated carbocycles. The summed E-state index contributed by atoms with van der Waals surface area (Å²) in [5.74, 6) is 0.323. The summed E-state index contributed by atoms with van der Waals surface area (Å²) in [5.41, 5.74) is 4.40. The monoisotopic (exact) mass is 342 g/mol. The third-order valence-electron chi connectivity index (χ3n) is 5.50. The molecule has 4 nitrogen and oxygen atoms in total. The summed E-state index contributed by atoms with van der Waals surface area (Å²) in [6, 6.07) is 6.52. The van der Waals surface area contributed by atoms with E-state index >= 15 is 0 Å². The number of aromatic hydroxyl groups is 1. The van der Waals surface area contributed by atoms with Crippen LogP contribution in [0.2, 0.25) is 0 Å². The van der Waals surface area contributed by atoms with Crippen molar-refractivity contribution in [2.75, 3.05) is 6.54 Å². The van der Waals surface area contributed by atoms with Crippen molar-refractivity contribution in [2.24, 2.45) is 0 Å². The highest BCUT2D eigenvalue weighted by atomic mass is 32.1. The third-order valence-corrected chi connectivity index (χ3v) is 6.44. The summed E-state index contributed by atoms with van der Waals surface area (Å²) >= 11 is 1.27. The maximum absolute atomic E-state index is 12.8. The molecule has 4 rings (SSSR count). The molecule has 2 aromatic rings. The molecule has 1 N–H and O–H groups in total. The van der Waals surface area contributed by atoms with E-state index in [-0.39, 0.29) is 17.2 Å². The number of thiazole rings is 1. The lowest BCUT2D eigenvalue weighted by atomic mass is 9.66. The molecule has 126 valence electrons. The number of aromatic nitrogens is 1. The maximum Gasteiger partial charge on any atom is 0.283 e. The second kappa shape index (κ2) is 5.31. The highest BCUT2D eigenvalue weighted by Gasteiger charge is 2.38. The number of rotatable bonds is 1. The predicted molar refractivity (Wildman–Crippen MR) is 94.7 cm³/mol. The SMILES string of the molecule is Cc1sc(C(=O)N2Cc3cccc4c3C(CCC4(C)C)C2)nc1O. The Kier molecular flexibility index (Phi) is 3.46. The summed E-state index contributed by atoms with van der Waals surface area (Å²) in [6.07, 6.45) is 2.26. The van der Waals surface area contributed by atoms with E-state index in [9.17, 15) is 9.90 Å². The van der Waals surface area contributed by atoms with Gasteiger partial charge < -0.3 is 10.0 Å². The van der Waals surface area contributed by atoms with Crippen molar-refractivity contribution in [1.82, 2.24) is 9.88 Å². The van der Waals surface area contributed by atoms with E-state index in [0.29, 0.717) is 22.3 Å². The van der Waals surface area contributed by atoms with Gasteiger partial charge >= 0.3 is 0 Å². The van der Waals surface area contributed by atoms with Crippen molar-refractivity contribution in [3.05, 3.63) is 44.8 Å². The Balaban J connectivity index is 1.69. The van der Waals surface area contributed by atoms with Gasteiger partial charge in [-0.2, -0.15) is 4.98 Å². The van der Waals surface area contributed by atoms with E-state index in [1.54, 1.807) is 6.92 Å². The van der Waals surface area contributed by atoms with E-state index in [0.717, 1.165) is 19.4 Å². The zero-order valence-corrected chi connectivity index (χ0v) is 15.1. The molecule has 1 unspecified atom stereocenters. The van der Waals surface area contributed by atoms with Crippen molar-refractivity contribution in [3.63, 3.8) is 0 Å². The smallest absolute Gasteiger partial charge is 0.283 e. The van der Waals surface area contributed by atoms with Crippen LogP contribution in [0.1, 0.15) is 64.0 Å². The highest BCUT2D eigenvalue weighted by molar-refractivity contribution is 7.13. The normalized spacial score (nSPS) is 21.5. The number of hydrogen-bond acceptors (Lipinski definition) is 4. The number of amides is 1. The fourth-order valence-corrected chi connectivity index (χ4v) is 4.90. The Morgan fingerprint density at radius 3 is 2.92 bits per heavy atom. The summed E-state index contributed by atoms with van der Waals surface area (Å²) in [6.45, 7) is 7.80. The summed E-state index contributed by atoms with van der Waals surface area (Å²) in [4.78, 5) is 19.4. The van der Waals surface area contributed by atoms with Crippen LogP contribution in [0.15, 0.2) is 18.2 Å². The van der Waals surface area contributed by atoms with Crippen molar-refractivity contribution in [2.45, 2.75) is 51.5 Å². The van der Waals surface area contributed by atoms with Crippen molar-refractivity contribution in [3.8, 4) is 5.88 Å². The fourth-order valence-electron chi connectivity index (χ4n) is 4.13. The molecule has 0 bridgehead atoms. The zero-order chi connectivity index (χ0) is 17.1. The molecule has 1 aromatic carbocycles. The molecule has 2 heterocycles. The molecule has 0 saturated heterocycles. The van der Waals surface area contributed by atoms with Gasteiger partial charge in [0.1, 0.15) is 0 Å². The maximum atomic E-state index is 12.8. The molecule has 0 spiro atoms. The van der Waals surface area contributed by atoms with Crippen LogP contribution >= 0.6 is 11.3 Å². The molecule has 2 aliphatic rings. The topological polar surface area (TPSA) is 53.4 Å². The van der Waals surface area contributed by atoms with Gasteiger partial charge in [-0.15, -0.1) is 11.3 Å². The van der Waals surface area contributed by atoms with Gasteiger partial charge in [-0.3, -0.25) is 4.79 Å². The highest BCUT2D eigenvalue weighted by Crippen LogP contribution is 2.46. The molecule has 1 aromatic heterocycles. The lowest BCUT2D eigenvalue weighted by Crippen LogP contribution is -2.41. The van der Waals surface area contributed by atoms with Gasteiger partial charge in [-0.05, 0) is 41.9 Å². The lowest BCUT2D eigenvalue weighted by molar-refractivity contribution is 0.0707. The minimum Gasteiger partial charge on any atom is -0.492 e. The minimum atomic E-state index is -0.0655. The van der Waals surface area contributed by atoms with Crippen LogP contribution in [0, 0.1) is 6.92 Å². The van der Waals surface area contributed by atoms with Gasteiger partial charge in [0, 0.05) is 19.0 Å². The molecule has 1 atom stereocenters. The van der Waals surface area contributed by atoms with Crippen LogP contribution in [0.5, 0.6) is 5.88 Å². The summed E-state index contributed by atoms with van der Waals surface area (Å²) in [7, 11) is 0. The van der Waals surface area contributed by atoms with Crippen LogP contribution in [-0.2, 0) is 12.0 Å². The van der Waals surface area contributed by atoms with Gasteiger partial charge in [-0.25, -0.2) is 0 Å². The summed E-state index contributed by atoms with van der Waals surface area (Å²) in [5, 5.41) is 10.1. The van der Waals surface area contributed by atoms with Gasteiger partial charge in [0.05, 0.1) is 4.88 Å². The number of nitrogens with zero attached hydrogens (tertiary/aromatic N) is 2. The third kappa shape index (κ3) is 2.34. The molecule has 24 heavy (non-hydrogen) atoms. The number of benzene rings is 1. The van der Waals surface area contributed by atoms with Crippen LogP contribution < -0.4 is 0 Å². The standard InChI is InChI=1S/C19H22N2O2S/c1-11-16(22)20-17(24-11)18(23)21-9-12-5-4-6-14-15(12)13(10-21)7-8-19(14,2)3/h4-6,13,22H,7-10H2,1-3H3. The number of carbonyl (C=O) groups is 1. The molecule has 5 heteroatoms. The first-order valence-electron chi connectivity index (χ1n) is 8.45. The van der Waals surface area contributed by atoms with Gasteiger partial charge in [-0.1, -0.05) is 32.0 Å². The number of hydrogen-bond donors (Lipinski definition) is 1. The molecule has 0 radical (unpaired) electrons. The number of carbonyl (C=O) groups excluding carboxylic acids is 1.